The maximum absolute atomic E-state index is 11.7. The van der Waals surface area contributed by atoms with Gasteiger partial charge < -0.3 is 4.74 Å². The molecule has 6 heteroatoms. The van der Waals surface area contributed by atoms with Crippen LogP contribution in [0.15, 0.2) is 53.6 Å². The second-order valence-electron chi connectivity index (χ2n) is 4.89. The van der Waals surface area contributed by atoms with Crippen molar-refractivity contribution in [3.05, 3.63) is 69.7 Å². The summed E-state index contributed by atoms with van der Waals surface area (Å²) in [6.45, 7) is 1.73. The molecule has 0 heterocycles. The van der Waals surface area contributed by atoms with Crippen LogP contribution in [-0.2, 0) is 4.79 Å². The number of amides is 1. The lowest BCUT2D eigenvalue weighted by Gasteiger charge is -2.08. The third-order valence-corrected chi connectivity index (χ3v) is 3.61. The van der Waals surface area contributed by atoms with Gasteiger partial charge in [0.2, 0.25) is 0 Å². The van der Waals surface area contributed by atoms with E-state index in [0.717, 1.165) is 11.1 Å². The van der Waals surface area contributed by atoms with E-state index in [-0.39, 0.29) is 12.5 Å². The number of halogens is 2. The smallest absolute Gasteiger partial charge is 0.277 e. The summed E-state index contributed by atoms with van der Waals surface area (Å²) in [6, 6.07) is 12.6. The Bertz CT molecular complexity index is 773. The van der Waals surface area contributed by atoms with Gasteiger partial charge in [-0.1, -0.05) is 47.5 Å². The normalized spacial score (nSPS) is 11.1. The molecule has 0 aliphatic rings. The van der Waals surface area contributed by atoms with Gasteiger partial charge in [0.25, 0.3) is 5.91 Å². The van der Waals surface area contributed by atoms with Gasteiger partial charge >= 0.3 is 0 Å². The number of allylic oxidation sites excluding steroid dienone is 1. The summed E-state index contributed by atoms with van der Waals surface area (Å²) in [5, 5.41) is 5.08. The minimum atomic E-state index is -0.355. The first-order valence-corrected chi connectivity index (χ1v) is 7.94. The van der Waals surface area contributed by atoms with Gasteiger partial charge in [-0.05, 0) is 48.4 Å². The van der Waals surface area contributed by atoms with Crippen LogP contribution in [-0.4, -0.2) is 18.7 Å². The highest BCUT2D eigenvalue weighted by atomic mass is 35.5. The van der Waals surface area contributed by atoms with Crippen molar-refractivity contribution in [3.63, 3.8) is 0 Å². The second kappa shape index (κ2) is 9.11. The Hall–Kier alpha value is -2.30. The molecule has 0 aliphatic carbocycles. The number of nitrogens with zero attached hydrogens (tertiary/aromatic N) is 1. The number of aryl methyl sites for hydroxylation is 1. The first-order chi connectivity index (χ1) is 11.6. The average molecular weight is 363 g/mol. The van der Waals surface area contributed by atoms with Crippen LogP contribution in [0.3, 0.4) is 0 Å². The summed E-state index contributed by atoms with van der Waals surface area (Å²) in [7, 11) is 0. The van der Waals surface area contributed by atoms with Gasteiger partial charge in [0.15, 0.2) is 6.61 Å². The summed E-state index contributed by atoms with van der Waals surface area (Å²) in [5.74, 6) is 0.254. The van der Waals surface area contributed by atoms with Crippen LogP contribution >= 0.6 is 23.2 Å². The number of carbonyl (C=O) groups is 1. The van der Waals surface area contributed by atoms with Gasteiger partial charge in [-0.15, -0.1) is 0 Å². The van der Waals surface area contributed by atoms with E-state index in [1.54, 1.807) is 36.4 Å². The molecule has 0 atom stereocenters. The lowest BCUT2D eigenvalue weighted by Crippen LogP contribution is -2.24. The topological polar surface area (TPSA) is 50.7 Å². The van der Waals surface area contributed by atoms with E-state index in [4.69, 9.17) is 27.9 Å². The van der Waals surface area contributed by atoms with Gasteiger partial charge in [-0.25, -0.2) is 5.43 Å². The number of nitrogens with one attached hydrogen (secondary N) is 1. The Balaban J connectivity index is 1.77. The molecule has 0 unspecified atom stereocenters. The molecule has 0 saturated heterocycles. The number of carbonyl (C=O) groups excluding carboxylic acids is 1. The van der Waals surface area contributed by atoms with Crippen LogP contribution in [0.5, 0.6) is 5.75 Å². The Labute approximate surface area is 150 Å². The van der Waals surface area contributed by atoms with E-state index in [1.807, 2.05) is 25.1 Å². The van der Waals surface area contributed by atoms with Crippen LogP contribution in [0, 0.1) is 6.92 Å². The van der Waals surface area contributed by atoms with Crippen LogP contribution in [0.1, 0.15) is 11.1 Å². The number of hydrogen-bond acceptors (Lipinski definition) is 3. The maximum atomic E-state index is 11.7. The lowest BCUT2D eigenvalue weighted by atomic mass is 10.2. The van der Waals surface area contributed by atoms with E-state index >= 15 is 0 Å². The van der Waals surface area contributed by atoms with Crippen molar-refractivity contribution in [2.75, 3.05) is 6.61 Å². The third kappa shape index (κ3) is 5.72. The number of ether oxygens (including phenoxy) is 1. The summed E-state index contributed by atoms with van der Waals surface area (Å²) in [4.78, 5) is 11.7. The first-order valence-electron chi connectivity index (χ1n) is 7.18. The van der Waals surface area contributed by atoms with Crippen molar-refractivity contribution in [2.45, 2.75) is 6.92 Å². The quantitative estimate of drug-likeness (QED) is 0.607. The van der Waals surface area contributed by atoms with E-state index < -0.39 is 0 Å². The molecule has 0 fully saturated rings. The summed E-state index contributed by atoms with van der Waals surface area (Å²) < 4.78 is 5.42. The molecule has 2 aromatic carbocycles. The Morgan fingerprint density at radius 1 is 1.25 bits per heavy atom. The zero-order valence-corrected chi connectivity index (χ0v) is 14.5. The van der Waals surface area contributed by atoms with Crippen LogP contribution < -0.4 is 10.2 Å². The van der Waals surface area contributed by atoms with Crippen molar-refractivity contribution in [2.24, 2.45) is 5.10 Å². The van der Waals surface area contributed by atoms with Gasteiger partial charge in [0.05, 0.1) is 0 Å². The van der Waals surface area contributed by atoms with Crippen molar-refractivity contribution in [1.82, 2.24) is 5.43 Å². The zero-order valence-electron chi connectivity index (χ0n) is 13.0. The standard InChI is InChI=1S/C18H16Cl2N2O2/c1-13-11-15(19)8-9-17(13)24-12-18(23)22-21-10-4-6-14-5-2-3-7-16(14)20/h2-11H,12H2,1H3,(H,22,23)/b6-4+,21-10+. The number of hydrazone groups is 1. The molecular weight excluding hydrogens is 347 g/mol. The number of benzene rings is 2. The predicted octanol–water partition coefficient (Wildman–Crippen LogP) is 4.50. The molecule has 0 aliphatic heterocycles. The lowest BCUT2D eigenvalue weighted by molar-refractivity contribution is -0.123. The molecule has 0 radical (unpaired) electrons. The highest BCUT2D eigenvalue weighted by Gasteiger charge is 2.04. The first kappa shape index (κ1) is 18.0. The minimum absolute atomic E-state index is 0.131. The zero-order chi connectivity index (χ0) is 17.4. The van der Waals surface area contributed by atoms with Crippen molar-refractivity contribution in [3.8, 4) is 5.75 Å². The molecule has 124 valence electrons. The summed E-state index contributed by atoms with van der Waals surface area (Å²) >= 11 is 11.9. The van der Waals surface area contributed by atoms with Crippen molar-refractivity contribution < 1.29 is 9.53 Å². The number of hydrogen-bond donors (Lipinski definition) is 1. The largest absolute Gasteiger partial charge is 0.483 e. The minimum Gasteiger partial charge on any atom is -0.483 e. The molecule has 2 aromatic rings. The molecule has 1 N–H and O–H groups in total. The highest BCUT2D eigenvalue weighted by Crippen LogP contribution is 2.21. The van der Waals surface area contributed by atoms with E-state index in [9.17, 15) is 4.79 Å². The van der Waals surface area contributed by atoms with Crippen molar-refractivity contribution in [1.29, 1.82) is 0 Å². The van der Waals surface area contributed by atoms with Gasteiger partial charge in [0.1, 0.15) is 5.75 Å². The molecular formula is C18H16Cl2N2O2. The predicted molar refractivity (Wildman–Crippen MR) is 98.8 cm³/mol. The second-order valence-corrected chi connectivity index (χ2v) is 5.74. The van der Waals surface area contributed by atoms with Gasteiger partial charge in [0, 0.05) is 16.3 Å². The maximum Gasteiger partial charge on any atom is 0.277 e. The average Bonchev–Trinajstić information content (AvgIpc) is 2.55. The molecule has 24 heavy (non-hydrogen) atoms. The summed E-state index contributed by atoms with van der Waals surface area (Å²) in [5.41, 5.74) is 4.12. The molecule has 0 saturated carbocycles. The van der Waals surface area contributed by atoms with Gasteiger partial charge in [-0.2, -0.15) is 5.10 Å². The van der Waals surface area contributed by atoms with E-state index in [1.165, 1.54) is 6.21 Å². The highest BCUT2D eigenvalue weighted by molar-refractivity contribution is 6.32. The van der Waals surface area contributed by atoms with Crippen LogP contribution in [0.2, 0.25) is 10.0 Å². The molecule has 0 bridgehead atoms. The fourth-order valence-corrected chi connectivity index (χ4v) is 2.28. The molecule has 4 nitrogen and oxygen atoms in total. The number of rotatable bonds is 6. The van der Waals surface area contributed by atoms with Crippen LogP contribution in [0.25, 0.3) is 6.08 Å². The molecule has 0 aromatic heterocycles. The monoisotopic (exact) mass is 362 g/mol. The Morgan fingerprint density at radius 3 is 2.79 bits per heavy atom. The van der Waals surface area contributed by atoms with E-state index in [0.29, 0.717) is 15.8 Å². The van der Waals surface area contributed by atoms with Crippen molar-refractivity contribution >= 4 is 41.4 Å². The molecule has 0 spiro atoms. The van der Waals surface area contributed by atoms with Gasteiger partial charge in [-0.3, -0.25) is 4.79 Å². The summed E-state index contributed by atoms with van der Waals surface area (Å²) in [6.07, 6.45) is 4.95. The SMILES string of the molecule is Cc1cc(Cl)ccc1OCC(=O)N/N=C/C=C/c1ccccc1Cl. The molecule has 2 rings (SSSR count). The van der Waals surface area contributed by atoms with E-state index in [2.05, 4.69) is 10.5 Å². The Kier molecular flexibility index (Phi) is 6.85. The fraction of sp³-hybridized carbons (Fsp3) is 0.111. The fourth-order valence-electron chi connectivity index (χ4n) is 1.86. The molecule has 1 amide bonds. The van der Waals surface area contributed by atoms with Crippen LogP contribution in [0.4, 0.5) is 0 Å². The third-order valence-electron chi connectivity index (χ3n) is 3.03. The Morgan fingerprint density at radius 2 is 2.04 bits per heavy atom.